The van der Waals surface area contributed by atoms with Crippen molar-refractivity contribution in [3.63, 3.8) is 0 Å². The second kappa shape index (κ2) is 3.77. The summed E-state index contributed by atoms with van der Waals surface area (Å²) in [5.74, 6) is 0.207. The number of anilines is 2. The van der Waals surface area contributed by atoms with E-state index in [4.69, 9.17) is 11.5 Å². The van der Waals surface area contributed by atoms with E-state index in [1.165, 1.54) is 10.7 Å². The van der Waals surface area contributed by atoms with Crippen molar-refractivity contribution in [2.45, 2.75) is 18.2 Å². The maximum Gasteiger partial charge on any atom is 0.225 e. The van der Waals surface area contributed by atoms with Gasteiger partial charge >= 0.3 is 0 Å². The summed E-state index contributed by atoms with van der Waals surface area (Å²) >= 11 is 0. The summed E-state index contributed by atoms with van der Waals surface area (Å²) in [7, 11) is 0. The van der Waals surface area contributed by atoms with Gasteiger partial charge < -0.3 is 27.0 Å². The Bertz CT molecular complexity index is 598. The minimum atomic E-state index is -0.943. The van der Waals surface area contributed by atoms with Crippen LogP contribution < -0.4 is 16.8 Å². The molecule has 2 aromatic heterocycles. The van der Waals surface area contributed by atoms with E-state index in [2.05, 4.69) is 20.3 Å². The SMILES string of the molecule is Nc1nc(N)n2cnc([C@@H]3NC[C@H](O)[C@H]3O)c2n1. The highest BCUT2D eigenvalue weighted by molar-refractivity contribution is 5.53. The Labute approximate surface area is 101 Å². The van der Waals surface area contributed by atoms with Gasteiger partial charge in [0.2, 0.25) is 11.9 Å². The van der Waals surface area contributed by atoms with Crippen LogP contribution in [0.3, 0.4) is 0 Å². The molecule has 0 aromatic carbocycles. The topological polar surface area (TPSA) is 148 Å². The first-order valence-electron chi connectivity index (χ1n) is 5.43. The van der Waals surface area contributed by atoms with Crippen LogP contribution in [-0.4, -0.2) is 48.3 Å². The summed E-state index contributed by atoms with van der Waals surface area (Å²) in [6.07, 6.45) is -0.317. The van der Waals surface area contributed by atoms with E-state index < -0.39 is 18.2 Å². The lowest BCUT2D eigenvalue weighted by Crippen LogP contribution is -2.26. The monoisotopic (exact) mass is 251 g/mol. The number of fused-ring (bicyclic) bond motifs is 1. The number of imidazole rings is 1. The van der Waals surface area contributed by atoms with Crippen molar-refractivity contribution >= 4 is 17.5 Å². The molecule has 9 heteroatoms. The van der Waals surface area contributed by atoms with Crippen molar-refractivity contribution in [3.05, 3.63) is 12.0 Å². The van der Waals surface area contributed by atoms with Crippen molar-refractivity contribution in [2.24, 2.45) is 0 Å². The van der Waals surface area contributed by atoms with Gasteiger partial charge in [-0.25, -0.2) is 4.98 Å². The molecule has 0 amide bonds. The number of nitrogens with two attached hydrogens (primary N) is 2. The highest BCUT2D eigenvalue weighted by Crippen LogP contribution is 2.26. The lowest BCUT2D eigenvalue weighted by molar-refractivity contribution is 0.0401. The summed E-state index contributed by atoms with van der Waals surface area (Å²) in [6.45, 7) is 0.293. The molecule has 7 N–H and O–H groups in total. The standard InChI is InChI=1S/C9H13N7O2/c10-8-14-7-5(4-6(18)3(17)1-12-4)13-2-16(7)9(11)15-8/h2-4,6,12,17-18H,1H2,(H4,10,11,14,15)/t3-,4-,6+/m0/s1. The molecule has 96 valence electrons. The number of nitrogen functional groups attached to an aromatic ring is 2. The third kappa shape index (κ3) is 1.49. The zero-order valence-electron chi connectivity index (χ0n) is 9.35. The largest absolute Gasteiger partial charge is 0.389 e. The Kier molecular flexibility index (Phi) is 2.33. The van der Waals surface area contributed by atoms with E-state index in [-0.39, 0.29) is 11.9 Å². The average molecular weight is 251 g/mol. The number of rotatable bonds is 1. The highest BCUT2D eigenvalue weighted by atomic mass is 16.3. The second-order valence-electron chi connectivity index (χ2n) is 4.21. The average Bonchev–Trinajstić information content (AvgIpc) is 2.85. The lowest BCUT2D eigenvalue weighted by Gasteiger charge is -2.13. The predicted molar refractivity (Wildman–Crippen MR) is 62.4 cm³/mol. The Morgan fingerprint density at radius 3 is 2.78 bits per heavy atom. The summed E-state index contributed by atoms with van der Waals surface area (Å²) in [6, 6.07) is -0.501. The molecule has 3 heterocycles. The summed E-state index contributed by atoms with van der Waals surface area (Å²) in [5.41, 5.74) is 12.1. The second-order valence-corrected chi connectivity index (χ2v) is 4.21. The van der Waals surface area contributed by atoms with Crippen LogP contribution in [0.1, 0.15) is 11.7 Å². The molecule has 3 atom stereocenters. The summed E-state index contributed by atoms with van der Waals surface area (Å²) in [4.78, 5) is 12.0. The van der Waals surface area contributed by atoms with Crippen LogP contribution in [-0.2, 0) is 0 Å². The normalized spacial score (nSPS) is 28.0. The number of β-amino-alcohol motifs (C(OH)–C–C–N with tert-alkyl or cyclic N) is 1. The third-order valence-electron chi connectivity index (χ3n) is 3.04. The Morgan fingerprint density at radius 1 is 1.33 bits per heavy atom. The van der Waals surface area contributed by atoms with Gasteiger partial charge in [0.25, 0.3) is 0 Å². The molecule has 1 aliphatic rings. The molecule has 9 nitrogen and oxygen atoms in total. The number of hydrogen-bond acceptors (Lipinski definition) is 8. The minimum absolute atomic E-state index is 0.0368. The molecule has 0 aliphatic carbocycles. The Hall–Kier alpha value is -1.97. The van der Waals surface area contributed by atoms with Gasteiger partial charge in [0.05, 0.1) is 12.1 Å². The molecule has 18 heavy (non-hydrogen) atoms. The number of aliphatic hydroxyl groups is 2. The fourth-order valence-electron chi connectivity index (χ4n) is 2.13. The van der Waals surface area contributed by atoms with Gasteiger partial charge in [-0.2, -0.15) is 9.97 Å². The van der Waals surface area contributed by atoms with Gasteiger partial charge in [-0.05, 0) is 0 Å². The molecule has 3 rings (SSSR count). The number of nitrogens with zero attached hydrogens (tertiary/aromatic N) is 4. The molecule has 0 bridgehead atoms. The molecule has 0 unspecified atom stereocenters. The lowest BCUT2D eigenvalue weighted by atomic mass is 10.1. The van der Waals surface area contributed by atoms with Crippen LogP contribution in [0.4, 0.5) is 11.9 Å². The fourth-order valence-corrected chi connectivity index (χ4v) is 2.13. The molecular formula is C9H13N7O2. The number of aliphatic hydroxyl groups excluding tert-OH is 2. The van der Waals surface area contributed by atoms with E-state index >= 15 is 0 Å². The van der Waals surface area contributed by atoms with Crippen LogP contribution in [0.25, 0.3) is 5.65 Å². The van der Waals surface area contributed by atoms with Crippen molar-refractivity contribution < 1.29 is 10.2 Å². The van der Waals surface area contributed by atoms with Crippen molar-refractivity contribution in [1.29, 1.82) is 0 Å². The molecule has 1 fully saturated rings. The first kappa shape index (κ1) is 11.1. The van der Waals surface area contributed by atoms with Crippen molar-refractivity contribution in [1.82, 2.24) is 24.7 Å². The maximum absolute atomic E-state index is 9.86. The molecule has 1 saturated heterocycles. The van der Waals surface area contributed by atoms with Gasteiger partial charge in [0.15, 0.2) is 5.65 Å². The fraction of sp³-hybridized carbons (Fsp3) is 0.444. The minimum Gasteiger partial charge on any atom is -0.389 e. The first-order chi connectivity index (χ1) is 8.58. The van der Waals surface area contributed by atoms with Gasteiger partial charge in [-0.1, -0.05) is 0 Å². The molecule has 0 spiro atoms. The number of hydrogen-bond donors (Lipinski definition) is 5. The number of nitrogens with one attached hydrogen (secondary N) is 1. The summed E-state index contributed by atoms with van der Waals surface area (Å²) < 4.78 is 1.48. The molecular weight excluding hydrogens is 238 g/mol. The van der Waals surface area contributed by atoms with Gasteiger partial charge in [-0.15, -0.1) is 0 Å². The molecule has 1 aliphatic heterocycles. The van der Waals surface area contributed by atoms with Crippen LogP contribution >= 0.6 is 0 Å². The number of aromatic nitrogens is 4. The van der Waals surface area contributed by atoms with Gasteiger partial charge in [0.1, 0.15) is 18.1 Å². The van der Waals surface area contributed by atoms with E-state index in [9.17, 15) is 10.2 Å². The smallest absolute Gasteiger partial charge is 0.225 e. The quantitative estimate of drug-likeness (QED) is 0.378. The highest BCUT2D eigenvalue weighted by Gasteiger charge is 2.36. The molecule has 2 aromatic rings. The van der Waals surface area contributed by atoms with Crippen LogP contribution in [0.15, 0.2) is 6.33 Å². The van der Waals surface area contributed by atoms with E-state index in [1.807, 2.05) is 0 Å². The zero-order valence-corrected chi connectivity index (χ0v) is 9.35. The van der Waals surface area contributed by atoms with E-state index in [0.717, 1.165) is 0 Å². The predicted octanol–water partition coefficient (Wildman–Crippen LogP) is -2.35. The van der Waals surface area contributed by atoms with E-state index in [1.54, 1.807) is 0 Å². The maximum atomic E-state index is 9.86. The van der Waals surface area contributed by atoms with Crippen molar-refractivity contribution in [3.8, 4) is 0 Å². The Balaban J connectivity index is 2.13. The first-order valence-corrected chi connectivity index (χ1v) is 5.43. The third-order valence-corrected chi connectivity index (χ3v) is 3.04. The van der Waals surface area contributed by atoms with Crippen LogP contribution in [0, 0.1) is 0 Å². The summed E-state index contributed by atoms with van der Waals surface area (Å²) in [5, 5.41) is 22.4. The van der Waals surface area contributed by atoms with E-state index in [0.29, 0.717) is 17.9 Å². The molecule has 0 radical (unpaired) electrons. The van der Waals surface area contributed by atoms with Crippen molar-refractivity contribution in [2.75, 3.05) is 18.0 Å². The molecule has 0 saturated carbocycles. The van der Waals surface area contributed by atoms with Gasteiger partial charge in [0, 0.05) is 6.54 Å². The van der Waals surface area contributed by atoms with Crippen LogP contribution in [0.5, 0.6) is 0 Å². The Morgan fingerprint density at radius 2 is 2.11 bits per heavy atom. The van der Waals surface area contributed by atoms with Crippen LogP contribution in [0.2, 0.25) is 0 Å². The van der Waals surface area contributed by atoms with Gasteiger partial charge in [-0.3, -0.25) is 4.40 Å². The zero-order chi connectivity index (χ0) is 12.9.